The maximum atomic E-state index is 12.3. The fourth-order valence-electron chi connectivity index (χ4n) is 2.98. The number of rotatable bonds is 4. The van der Waals surface area contributed by atoms with Gasteiger partial charge < -0.3 is 10.6 Å². The smallest absolute Gasteiger partial charge is 0.251 e. The maximum absolute atomic E-state index is 12.3. The summed E-state index contributed by atoms with van der Waals surface area (Å²) in [5.41, 5.74) is 2.99. The van der Waals surface area contributed by atoms with Gasteiger partial charge in [-0.3, -0.25) is 4.79 Å². The van der Waals surface area contributed by atoms with Gasteiger partial charge in [-0.1, -0.05) is 19.8 Å². The second kappa shape index (κ2) is 6.78. The van der Waals surface area contributed by atoms with E-state index in [4.69, 9.17) is 0 Å². The van der Waals surface area contributed by atoms with Crippen LogP contribution < -0.4 is 10.6 Å². The molecule has 2 rings (SSSR count). The number of carbonyl (C=O) groups excluding carboxylic acids is 1. The molecule has 2 unspecified atom stereocenters. The Labute approximate surface area is 122 Å². The quantitative estimate of drug-likeness (QED) is 0.878. The number of amides is 1. The summed E-state index contributed by atoms with van der Waals surface area (Å²) in [6.07, 6.45) is 4.86. The molecule has 2 N–H and O–H groups in total. The highest BCUT2D eigenvalue weighted by molar-refractivity contribution is 5.95. The molecule has 1 saturated carbocycles. The predicted octanol–water partition coefficient (Wildman–Crippen LogP) is 3.74. The van der Waals surface area contributed by atoms with E-state index in [1.54, 1.807) is 0 Å². The Morgan fingerprint density at radius 1 is 1.30 bits per heavy atom. The van der Waals surface area contributed by atoms with Gasteiger partial charge >= 0.3 is 0 Å². The molecule has 2 atom stereocenters. The van der Waals surface area contributed by atoms with Gasteiger partial charge in [0, 0.05) is 23.8 Å². The van der Waals surface area contributed by atoms with E-state index in [-0.39, 0.29) is 5.91 Å². The minimum Gasteiger partial charge on any atom is -0.385 e. The molecular formula is C17H26N2O. The van der Waals surface area contributed by atoms with Gasteiger partial charge in [-0.25, -0.2) is 0 Å². The van der Waals surface area contributed by atoms with Crippen LogP contribution in [0.2, 0.25) is 0 Å². The van der Waals surface area contributed by atoms with Gasteiger partial charge in [0.1, 0.15) is 0 Å². The third kappa shape index (κ3) is 3.53. The standard InChI is InChI=1S/C17H26N2O/c1-4-18-15-10-9-14(11-13(15)3)17(20)19-16-8-6-5-7-12(16)2/h9-12,16,18H,4-8H2,1-3H3,(H,19,20). The summed E-state index contributed by atoms with van der Waals surface area (Å²) in [7, 11) is 0. The molecule has 0 radical (unpaired) electrons. The van der Waals surface area contributed by atoms with Crippen molar-refractivity contribution >= 4 is 11.6 Å². The van der Waals surface area contributed by atoms with Crippen LogP contribution in [0.25, 0.3) is 0 Å². The number of aryl methyl sites for hydroxylation is 1. The van der Waals surface area contributed by atoms with Crippen molar-refractivity contribution in [2.45, 2.75) is 52.5 Å². The summed E-state index contributed by atoms with van der Waals surface area (Å²) >= 11 is 0. The largest absolute Gasteiger partial charge is 0.385 e. The van der Waals surface area contributed by atoms with Gasteiger partial charge in [-0.05, 0) is 56.4 Å². The van der Waals surface area contributed by atoms with Crippen molar-refractivity contribution in [1.29, 1.82) is 0 Å². The van der Waals surface area contributed by atoms with Crippen LogP contribution in [0, 0.1) is 12.8 Å². The topological polar surface area (TPSA) is 41.1 Å². The molecule has 1 aromatic carbocycles. The molecule has 0 heterocycles. The fraction of sp³-hybridized carbons (Fsp3) is 0.588. The Hall–Kier alpha value is -1.51. The van der Waals surface area contributed by atoms with Crippen LogP contribution in [0.15, 0.2) is 18.2 Å². The second-order valence-corrected chi connectivity index (χ2v) is 5.90. The van der Waals surface area contributed by atoms with E-state index in [2.05, 4.69) is 24.5 Å². The summed E-state index contributed by atoms with van der Waals surface area (Å²) in [5.74, 6) is 0.657. The molecule has 1 amide bonds. The zero-order chi connectivity index (χ0) is 14.5. The molecule has 0 bridgehead atoms. The van der Waals surface area contributed by atoms with Crippen molar-refractivity contribution in [3.8, 4) is 0 Å². The van der Waals surface area contributed by atoms with Crippen LogP contribution in [-0.4, -0.2) is 18.5 Å². The Bertz CT molecular complexity index is 470. The van der Waals surface area contributed by atoms with E-state index >= 15 is 0 Å². The van der Waals surface area contributed by atoms with E-state index in [1.807, 2.05) is 25.1 Å². The SMILES string of the molecule is CCNc1ccc(C(=O)NC2CCCCC2C)cc1C. The molecule has 20 heavy (non-hydrogen) atoms. The van der Waals surface area contributed by atoms with Crippen molar-refractivity contribution in [3.63, 3.8) is 0 Å². The van der Waals surface area contributed by atoms with E-state index in [9.17, 15) is 4.79 Å². The van der Waals surface area contributed by atoms with Crippen molar-refractivity contribution in [2.75, 3.05) is 11.9 Å². The molecule has 110 valence electrons. The Kier molecular flexibility index (Phi) is 5.05. The third-order valence-corrected chi connectivity index (χ3v) is 4.28. The van der Waals surface area contributed by atoms with E-state index < -0.39 is 0 Å². The first kappa shape index (κ1) is 14.9. The third-order valence-electron chi connectivity index (χ3n) is 4.28. The van der Waals surface area contributed by atoms with Crippen molar-refractivity contribution < 1.29 is 4.79 Å². The molecule has 3 nitrogen and oxygen atoms in total. The lowest BCUT2D eigenvalue weighted by Crippen LogP contribution is -2.41. The summed E-state index contributed by atoms with van der Waals surface area (Å²) in [6, 6.07) is 6.22. The van der Waals surface area contributed by atoms with Crippen LogP contribution in [0.4, 0.5) is 5.69 Å². The highest BCUT2D eigenvalue weighted by Crippen LogP contribution is 2.24. The summed E-state index contributed by atoms with van der Waals surface area (Å²) in [6.45, 7) is 7.25. The van der Waals surface area contributed by atoms with Gasteiger partial charge in [0.05, 0.1) is 0 Å². The normalized spacial score (nSPS) is 22.4. The summed E-state index contributed by atoms with van der Waals surface area (Å²) in [5, 5.41) is 6.50. The summed E-state index contributed by atoms with van der Waals surface area (Å²) < 4.78 is 0. The zero-order valence-electron chi connectivity index (χ0n) is 12.8. The average Bonchev–Trinajstić information content (AvgIpc) is 2.43. The molecule has 0 spiro atoms. The first-order chi connectivity index (χ1) is 9.61. The van der Waals surface area contributed by atoms with Gasteiger partial charge in [-0.15, -0.1) is 0 Å². The van der Waals surface area contributed by atoms with E-state index in [0.717, 1.165) is 29.8 Å². The van der Waals surface area contributed by atoms with Gasteiger partial charge in [0.2, 0.25) is 0 Å². The number of hydrogen-bond acceptors (Lipinski definition) is 2. The maximum Gasteiger partial charge on any atom is 0.251 e. The Morgan fingerprint density at radius 2 is 2.05 bits per heavy atom. The van der Waals surface area contributed by atoms with Crippen molar-refractivity contribution in [3.05, 3.63) is 29.3 Å². The molecule has 1 aliphatic rings. The summed E-state index contributed by atoms with van der Waals surface area (Å²) in [4.78, 5) is 12.3. The molecule has 0 saturated heterocycles. The minimum atomic E-state index is 0.0647. The lowest BCUT2D eigenvalue weighted by Gasteiger charge is -2.29. The van der Waals surface area contributed by atoms with Crippen LogP contribution in [0.3, 0.4) is 0 Å². The van der Waals surface area contributed by atoms with Crippen LogP contribution in [-0.2, 0) is 0 Å². The number of benzene rings is 1. The van der Waals surface area contributed by atoms with Crippen LogP contribution >= 0.6 is 0 Å². The van der Waals surface area contributed by atoms with Crippen molar-refractivity contribution in [1.82, 2.24) is 5.32 Å². The highest BCUT2D eigenvalue weighted by Gasteiger charge is 2.23. The number of carbonyl (C=O) groups is 1. The number of hydrogen-bond donors (Lipinski definition) is 2. The first-order valence-electron chi connectivity index (χ1n) is 7.77. The predicted molar refractivity (Wildman–Crippen MR) is 84.2 cm³/mol. The lowest BCUT2D eigenvalue weighted by molar-refractivity contribution is 0.0910. The molecule has 0 aromatic heterocycles. The van der Waals surface area contributed by atoms with Gasteiger partial charge in [0.25, 0.3) is 5.91 Å². The van der Waals surface area contributed by atoms with Crippen molar-refractivity contribution in [2.24, 2.45) is 5.92 Å². The Balaban J connectivity index is 2.03. The van der Waals surface area contributed by atoms with Gasteiger partial charge in [-0.2, -0.15) is 0 Å². The lowest BCUT2D eigenvalue weighted by atomic mass is 9.86. The molecule has 3 heteroatoms. The second-order valence-electron chi connectivity index (χ2n) is 5.90. The average molecular weight is 274 g/mol. The van der Waals surface area contributed by atoms with E-state index in [1.165, 1.54) is 19.3 Å². The van der Waals surface area contributed by atoms with Crippen LogP contribution in [0.5, 0.6) is 0 Å². The number of nitrogens with one attached hydrogen (secondary N) is 2. The minimum absolute atomic E-state index is 0.0647. The molecule has 1 aliphatic carbocycles. The van der Waals surface area contributed by atoms with E-state index in [0.29, 0.717) is 12.0 Å². The molecule has 1 fully saturated rings. The van der Waals surface area contributed by atoms with Gasteiger partial charge in [0.15, 0.2) is 0 Å². The fourth-order valence-corrected chi connectivity index (χ4v) is 2.98. The monoisotopic (exact) mass is 274 g/mol. The Morgan fingerprint density at radius 3 is 2.70 bits per heavy atom. The number of anilines is 1. The molecule has 1 aromatic rings. The molecule has 0 aliphatic heterocycles. The first-order valence-corrected chi connectivity index (χ1v) is 7.77. The highest BCUT2D eigenvalue weighted by atomic mass is 16.1. The van der Waals surface area contributed by atoms with Crippen LogP contribution in [0.1, 0.15) is 55.5 Å². The zero-order valence-corrected chi connectivity index (χ0v) is 12.8. The molecular weight excluding hydrogens is 248 g/mol.